The third-order valence-electron chi connectivity index (χ3n) is 2.48. The molecule has 0 fully saturated rings. The van der Waals surface area contributed by atoms with Crippen LogP contribution in [-0.4, -0.2) is 21.8 Å². The average molecular weight is 301 g/mol. The summed E-state index contributed by atoms with van der Waals surface area (Å²) in [4.78, 5) is 15.8. The number of hydrogen-bond donors (Lipinski definition) is 2. The summed E-state index contributed by atoms with van der Waals surface area (Å²) in [6.07, 6.45) is 0.0107. The number of nitrogens with one attached hydrogen (secondary N) is 1. The zero-order valence-corrected chi connectivity index (χ0v) is 13.2. The summed E-state index contributed by atoms with van der Waals surface area (Å²) in [5.41, 5.74) is -0.213. The van der Waals surface area contributed by atoms with E-state index in [0.29, 0.717) is 10.6 Å². The summed E-state index contributed by atoms with van der Waals surface area (Å²) < 4.78 is 5.16. The number of aliphatic hydroxyl groups excluding tert-OH is 1. The quantitative estimate of drug-likeness (QED) is 0.891. The van der Waals surface area contributed by atoms with E-state index in [4.69, 9.17) is 16.3 Å². The monoisotopic (exact) mass is 300 g/mol. The second-order valence-corrected chi connectivity index (χ2v) is 6.28. The molecule has 20 heavy (non-hydrogen) atoms. The van der Waals surface area contributed by atoms with Crippen molar-refractivity contribution >= 4 is 23.5 Å². The molecule has 0 saturated heterocycles. The minimum absolute atomic E-state index is 0.0594. The summed E-state index contributed by atoms with van der Waals surface area (Å²) in [5, 5.41) is 13.1. The van der Waals surface area contributed by atoms with Gasteiger partial charge < -0.3 is 9.84 Å². The van der Waals surface area contributed by atoms with Crippen LogP contribution in [0.2, 0.25) is 5.02 Å². The van der Waals surface area contributed by atoms with Gasteiger partial charge in [-0.1, -0.05) is 25.4 Å². The van der Waals surface area contributed by atoms with Crippen LogP contribution >= 0.6 is 11.6 Å². The van der Waals surface area contributed by atoms with E-state index in [9.17, 15) is 9.90 Å². The van der Waals surface area contributed by atoms with Gasteiger partial charge in [0.1, 0.15) is 11.4 Å². The number of amides is 1. The molecule has 1 rings (SSSR count). The third-order valence-corrected chi connectivity index (χ3v) is 2.81. The molecule has 5 nitrogen and oxygen atoms in total. The molecule has 0 aliphatic rings. The van der Waals surface area contributed by atoms with Gasteiger partial charge in [-0.15, -0.1) is 0 Å². The Balaban J connectivity index is 3.01. The van der Waals surface area contributed by atoms with Crippen LogP contribution in [-0.2, 0) is 4.74 Å². The molecule has 0 aromatic carbocycles. The Kier molecular flexibility index (Phi) is 5.36. The van der Waals surface area contributed by atoms with Crippen molar-refractivity contribution in [1.29, 1.82) is 0 Å². The molecule has 0 spiro atoms. The maximum absolute atomic E-state index is 11.8. The lowest BCUT2D eigenvalue weighted by molar-refractivity contribution is 0.0634. The van der Waals surface area contributed by atoms with Crippen molar-refractivity contribution in [2.75, 3.05) is 5.32 Å². The summed E-state index contributed by atoms with van der Waals surface area (Å²) in [7, 11) is 0. The van der Waals surface area contributed by atoms with Crippen molar-refractivity contribution in [3.63, 3.8) is 0 Å². The molecule has 0 bridgehead atoms. The molecule has 1 heterocycles. The van der Waals surface area contributed by atoms with Crippen LogP contribution in [0, 0.1) is 5.92 Å². The van der Waals surface area contributed by atoms with Crippen LogP contribution in [0.5, 0.6) is 0 Å². The highest BCUT2D eigenvalue weighted by Gasteiger charge is 2.23. The zero-order valence-electron chi connectivity index (χ0n) is 12.4. The highest BCUT2D eigenvalue weighted by Crippen LogP contribution is 2.33. The predicted molar refractivity (Wildman–Crippen MR) is 78.9 cm³/mol. The molecule has 2 N–H and O–H groups in total. The average Bonchev–Trinajstić information content (AvgIpc) is 2.25. The van der Waals surface area contributed by atoms with Crippen LogP contribution in [0.25, 0.3) is 0 Å². The van der Waals surface area contributed by atoms with E-state index in [0.717, 1.165) is 0 Å². The maximum atomic E-state index is 11.8. The van der Waals surface area contributed by atoms with Gasteiger partial charge in [0, 0.05) is 11.8 Å². The third kappa shape index (κ3) is 4.65. The minimum atomic E-state index is -0.818. The van der Waals surface area contributed by atoms with E-state index in [1.807, 2.05) is 13.8 Å². The van der Waals surface area contributed by atoms with E-state index in [1.54, 1.807) is 26.8 Å². The molecule has 0 saturated carbocycles. The van der Waals surface area contributed by atoms with E-state index in [1.165, 1.54) is 6.20 Å². The predicted octanol–water partition coefficient (Wildman–Crippen LogP) is 3.77. The molecule has 6 heteroatoms. The van der Waals surface area contributed by atoms with E-state index in [2.05, 4.69) is 10.3 Å². The molecule has 112 valence electrons. The van der Waals surface area contributed by atoms with Crippen molar-refractivity contribution in [1.82, 2.24) is 4.98 Å². The lowest BCUT2D eigenvalue weighted by atomic mass is 9.99. The van der Waals surface area contributed by atoms with E-state index >= 15 is 0 Å². The van der Waals surface area contributed by atoms with Crippen LogP contribution in [0.1, 0.15) is 46.3 Å². The number of pyridine rings is 1. The first-order valence-corrected chi connectivity index (χ1v) is 6.82. The SMILES string of the molecule is CC(C)C(O)c1c(Cl)ccnc1NC(=O)OC(C)(C)C. The van der Waals surface area contributed by atoms with E-state index < -0.39 is 17.8 Å². The lowest BCUT2D eigenvalue weighted by Crippen LogP contribution is -2.28. The zero-order chi connectivity index (χ0) is 15.5. The van der Waals surface area contributed by atoms with Crippen molar-refractivity contribution in [2.45, 2.75) is 46.3 Å². The Morgan fingerprint density at radius 3 is 2.55 bits per heavy atom. The number of rotatable bonds is 3. The number of anilines is 1. The summed E-state index contributed by atoms with van der Waals surface area (Å²) in [6.45, 7) is 9.00. The molecular formula is C14H21ClN2O3. The lowest BCUT2D eigenvalue weighted by Gasteiger charge is -2.22. The van der Waals surface area contributed by atoms with Crippen molar-refractivity contribution in [2.24, 2.45) is 5.92 Å². The Morgan fingerprint density at radius 2 is 2.05 bits per heavy atom. The fourth-order valence-corrected chi connectivity index (χ4v) is 1.82. The molecule has 1 aromatic heterocycles. The summed E-state index contributed by atoms with van der Waals surface area (Å²) >= 11 is 6.09. The van der Waals surface area contributed by atoms with Crippen LogP contribution in [0.4, 0.5) is 10.6 Å². The van der Waals surface area contributed by atoms with Gasteiger partial charge in [-0.3, -0.25) is 5.32 Å². The first kappa shape index (κ1) is 16.7. The summed E-state index contributed by atoms with van der Waals surface area (Å²) in [6, 6.07) is 1.57. The van der Waals surface area contributed by atoms with Gasteiger partial charge in [-0.2, -0.15) is 0 Å². The smallest absolute Gasteiger partial charge is 0.413 e. The number of halogens is 1. The molecular weight excluding hydrogens is 280 g/mol. The maximum Gasteiger partial charge on any atom is 0.413 e. The van der Waals surface area contributed by atoms with Gasteiger partial charge in [0.15, 0.2) is 0 Å². The van der Waals surface area contributed by atoms with Crippen molar-refractivity contribution in [3.8, 4) is 0 Å². The number of carbonyl (C=O) groups is 1. The number of aliphatic hydroxyl groups is 1. The second-order valence-electron chi connectivity index (χ2n) is 5.87. The molecule has 1 unspecified atom stereocenters. The minimum Gasteiger partial charge on any atom is -0.444 e. The van der Waals surface area contributed by atoms with Crippen molar-refractivity contribution in [3.05, 3.63) is 22.8 Å². The van der Waals surface area contributed by atoms with Gasteiger partial charge in [0.05, 0.1) is 11.1 Å². The largest absolute Gasteiger partial charge is 0.444 e. The van der Waals surface area contributed by atoms with E-state index in [-0.39, 0.29) is 11.7 Å². The molecule has 1 atom stereocenters. The fourth-order valence-electron chi connectivity index (χ4n) is 1.56. The number of nitrogens with zero attached hydrogens (tertiary/aromatic N) is 1. The first-order valence-electron chi connectivity index (χ1n) is 6.44. The Hall–Kier alpha value is -1.33. The Labute approximate surface area is 124 Å². The van der Waals surface area contributed by atoms with Gasteiger partial charge in [-0.05, 0) is 32.8 Å². The van der Waals surface area contributed by atoms with Crippen molar-refractivity contribution < 1.29 is 14.6 Å². The van der Waals surface area contributed by atoms with Gasteiger partial charge in [0.25, 0.3) is 0 Å². The molecule has 0 radical (unpaired) electrons. The molecule has 1 aromatic rings. The number of aromatic nitrogens is 1. The number of ether oxygens (including phenoxy) is 1. The standard InChI is InChI=1S/C14H21ClN2O3/c1-8(2)11(18)10-9(15)6-7-16-12(10)17-13(19)20-14(3,4)5/h6-8,11,18H,1-5H3,(H,16,17,19). The van der Waals surface area contributed by atoms with Crippen LogP contribution < -0.4 is 5.32 Å². The second kappa shape index (κ2) is 6.41. The number of hydrogen-bond acceptors (Lipinski definition) is 4. The highest BCUT2D eigenvalue weighted by atomic mass is 35.5. The van der Waals surface area contributed by atoms with Crippen LogP contribution in [0.3, 0.4) is 0 Å². The highest BCUT2D eigenvalue weighted by molar-refractivity contribution is 6.31. The number of carbonyl (C=O) groups excluding carboxylic acids is 1. The summed E-state index contributed by atoms with van der Waals surface area (Å²) in [5.74, 6) is 0.156. The Bertz CT molecular complexity index is 484. The fraction of sp³-hybridized carbons (Fsp3) is 0.571. The van der Waals surface area contributed by atoms with Crippen LogP contribution in [0.15, 0.2) is 12.3 Å². The topological polar surface area (TPSA) is 71.5 Å². The first-order chi connectivity index (χ1) is 9.11. The molecule has 0 aliphatic carbocycles. The molecule has 1 amide bonds. The Morgan fingerprint density at radius 1 is 1.45 bits per heavy atom. The van der Waals surface area contributed by atoms with Gasteiger partial charge in [-0.25, -0.2) is 9.78 Å². The molecule has 0 aliphatic heterocycles. The van der Waals surface area contributed by atoms with Gasteiger partial charge in [0.2, 0.25) is 0 Å². The van der Waals surface area contributed by atoms with Gasteiger partial charge >= 0.3 is 6.09 Å². The normalized spacial score (nSPS) is 13.2.